The highest BCUT2D eigenvalue weighted by atomic mass is 14.6. The predicted octanol–water partition coefficient (Wildman–Crippen LogP) is 1.36. The van der Waals surface area contributed by atoms with Gasteiger partial charge in [0.05, 0.1) is 0 Å². The van der Waals surface area contributed by atoms with Gasteiger partial charge in [0, 0.05) is 35.2 Å². The van der Waals surface area contributed by atoms with Crippen molar-refractivity contribution in [1.82, 2.24) is 9.97 Å². The molecule has 0 aliphatic heterocycles. The number of rotatable bonds is 0. The monoisotopic (exact) mass is 154 g/mol. The summed E-state index contributed by atoms with van der Waals surface area (Å²) in [5, 5.41) is 5.03. The first-order chi connectivity index (χ1) is 5.97. The van der Waals surface area contributed by atoms with Crippen molar-refractivity contribution in [1.29, 1.82) is 0 Å². The van der Waals surface area contributed by atoms with E-state index in [-0.39, 0.29) is 0 Å². The van der Waals surface area contributed by atoms with Gasteiger partial charge < -0.3 is 0 Å². The molecule has 1 aliphatic carbocycles. The molecule has 0 saturated carbocycles. The molecule has 2 aromatic rings. The Kier molecular flexibility index (Phi) is 0.939. The van der Waals surface area contributed by atoms with E-state index in [0.29, 0.717) is 0 Å². The first kappa shape index (κ1) is 5.89. The maximum atomic E-state index is 4.07. The highest BCUT2D eigenvalue weighted by Crippen LogP contribution is 2.08. The van der Waals surface area contributed by atoms with Gasteiger partial charge in [-0.3, -0.25) is 9.97 Å². The van der Waals surface area contributed by atoms with E-state index in [9.17, 15) is 0 Å². The SMILES string of the molecule is c1cc2c(cn1)=c1cnccc1=2. The van der Waals surface area contributed by atoms with Crippen LogP contribution in [0.5, 0.6) is 0 Å². The number of hydrogen-bond acceptors (Lipinski definition) is 2. The standard InChI is InChI=1S/C10H6N2/c1-3-11-5-9-7(1)8-2-4-12-6-10(8)9/h1-6H. The smallest absolute Gasteiger partial charge is 0.0353 e. The van der Waals surface area contributed by atoms with Crippen molar-refractivity contribution in [2.45, 2.75) is 0 Å². The minimum absolute atomic E-state index is 1.22. The van der Waals surface area contributed by atoms with E-state index < -0.39 is 0 Å². The molecular formula is C10H6N2. The third-order valence-corrected chi connectivity index (χ3v) is 2.22. The fourth-order valence-corrected chi connectivity index (χ4v) is 1.63. The van der Waals surface area contributed by atoms with E-state index in [1.54, 1.807) is 0 Å². The number of pyridine rings is 2. The predicted molar refractivity (Wildman–Crippen MR) is 43.8 cm³/mol. The average molecular weight is 154 g/mol. The second-order valence-corrected chi connectivity index (χ2v) is 2.84. The topological polar surface area (TPSA) is 25.8 Å². The first-order valence-electron chi connectivity index (χ1n) is 3.85. The molecule has 0 fully saturated rings. The number of nitrogens with zero attached hydrogens (tertiary/aromatic N) is 2. The van der Waals surface area contributed by atoms with Gasteiger partial charge >= 0.3 is 0 Å². The van der Waals surface area contributed by atoms with Crippen LogP contribution in [0.15, 0.2) is 36.9 Å². The number of fused-ring (bicyclic) bond motifs is 2. The van der Waals surface area contributed by atoms with E-state index in [0.717, 1.165) is 0 Å². The molecule has 12 heavy (non-hydrogen) atoms. The molecule has 0 spiro atoms. The van der Waals surface area contributed by atoms with E-state index >= 15 is 0 Å². The van der Waals surface area contributed by atoms with E-state index in [1.165, 1.54) is 20.9 Å². The van der Waals surface area contributed by atoms with Crippen LogP contribution in [0.1, 0.15) is 0 Å². The summed E-state index contributed by atoms with van der Waals surface area (Å²) < 4.78 is 0. The molecule has 1 aliphatic rings. The normalized spacial score (nSPS) is 11.3. The molecule has 0 N–H and O–H groups in total. The van der Waals surface area contributed by atoms with Crippen molar-refractivity contribution in [2.75, 3.05) is 0 Å². The van der Waals surface area contributed by atoms with Crippen LogP contribution in [0.3, 0.4) is 0 Å². The van der Waals surface area contributed by atoms with Gasteiger partial charge in [-0.25, -0.2) is 0 Å². The lowest BCUT2D eigenvalue weighted by Crippen LogP contribution is -1.92. The molecule has 2 aromatic heterocycles. The summed E-state index contributed by atoms with van der Waals surface area (Å²) in [4.78, 5) is 8.13. The van der Waals surface area contributed by atoms with Gasteiger partial charge in [0.2, 0.25) is 0 Å². The largest absolute Gasteiger partial charge is 0.264 e. The van der Waals surface area contributed by atoms with Gasteiger partial charge in [-0.2, -0.15) is 0 Å². The minimum atomic E-state index is 1.22. The van der Waals surface area contributed by atoms with E-state index in [2.05, 4.69) is 9.97 Å². The Bertz CT molecular complexity index is 482. The lowest BCUT2D eigenvalue weighted by molar-refractivity contribution is 1.15. The summed E-state index contributed by atoms with van der Waals surface area (Å²) in [5.74, 6) is 0. The van der Waals surface area contributed by atoms with Crippen LogP contribution in [0.2, 0.25) is 0 Å². The van der Waals surface area contributed by atoms with Gasteiger partial charge in [0.1, 0.15) is 0 Å². The molecule has 56 valence electrons. The maximum Gasteiger partial charge on any atom is 0.0353 e. The van der Waals surface area contributed by atoms with Crippen LogP contribution in [0.4, 0.5) is 0 Å². The van der Waals surface area contributed by atoms with Crippen LogP contribution in [0.25, 0.3) is 0 Å². The maximum absolute atomic E-state index is 4.07. The van der Waals surface area contributed by atoms with Crippen molar-refractivity contribution < 1.29 is 0 Å². The number of hydrogen-bond donors (Lipinski definition) is 0. The molecule has 2 heteroatoms. The Labute approximate surface area is 68.5 Å². The fourth-order valence-electron chi connectivity index (χ4n) is 1.63. The van der Waals surface area contributed by atoms with Crippen molar-refractivity contribution >= 4 is 0 Å². The second-order valence-electron chi connectivity index (χ2n) is 2.84. The van der Waals surface area contributed by atoms with Gasteiger partial charge in [-0.1, -0.05) is 0 Å². The third kappa shape index (κ3) is 0.552. The Morgan fingerprint density at radius 1 is 0.667 bits per heavy atom. The van der Waals surface area contributed by atoms with Crippen LogP contribution < -0.4 is 0 Å². The third-order valence-electron chi connectivity index (χ3n) is 2.22. The molecule has 0 radical (unpaired) electrons. The van der Waals surface area contributed by atoms with Crippen LogP contribution >= 0.6 is 0 Å². The fraction of sp³-hybridized carbons (Fsp3) is 0. The summed E-state index contributed by atoms with van der Waals surface area (Å²) in [6, 6.07) is 4.08. The summed E-state index contributed by atoms with van der Waals surface area (Å²) >= 11 is 0. The Morgan fingerprint density at radius 2 is 1.17 bits per heavy atom. The molecular weight excluding hydrogens is 148 g/mol. The molecule has 3 rings (SSSR count). The van der Waals surface area contributed by atoms with Crippen LogP contribution in [-0.4, -0.2) is 9.97 Å². The summed E-state index contributed by atoms with van der Waals surface area (Å²) in [5.41, 5.74) is 0. The molecule has 0 atom stereocenters. The Hall–Kier alpha value is -1.70. The Morgan fingerprint density at radius 3 is 1.67 bits per heavy atom. The van der Waals surface area contributed by atoms with Gasteiger partial charge in [0.15, 0.2) is 0 Å². The highest BCUT2D eigenvalue weighted by Gasteiger charge is 1.99. The zero-order valence-electron chi connectivity index (χ0n) is 6.36. The zero-order valence-corrected chi connectivity index (χ0v) is 6.36. The molecule has 0 saturated heterocycles. The molecule has 0 aromatic carbocycles. The van der Waals surface area contributed by atoms with Crippen LogP contribution in [-0.2, 0) is 0 Å². The summed E-state index contributed by atoms with van der Waals surface area (Å²) in [6.07, 6.45) is 7.42. The van der Waals surface area contributed by atoms with Crippen molar-refractivity contribution in [3.63, 3.8) is 0 Å². The molecule has 0 amide bonds. The summed E-state index contributed by atoms with van der Waals surface area (Å²) in [7, 11) is 0. The lowest BCUT2D eigenvalue weighted by atomic mass is 10.1. The number of aromatic nitrogens is 2. The van der Waals surface area contributed by atoms with Crippen LogP contribution in [0, 0.1) is 20.9 Å². The first-order valence-corrected chi connectivity index (χ1v) is 3.85. The van der Waals surface area contributed by atoms with E-state index in [1.807, 2.05) is 36.9 Å². The zero-order chi connectivity index (χ0) is 7.97. The van der Waals surface area contributed by atoms with Crippen molar-refractivity contribution in [3.8, 4) is 0 Å². The highest BCUT2D eigenvalue weighted by molar-refractivity contribution is 5.24. The lowest BCUT2D eigenvalue weighted by Gasteiger charge is -2.00. The van der Waals surface area contributed by atoms with Crippen molar-refractivity contribution in [3.05, 3.63) is 57.8 Å². The van der Waals surface area contributed by atoms with E-state index in [4.69, 9.17) is 0 Å². The molecule has 2 heterocycles. The molecule has 2 nitrogen and oxygen atoms in total. The minimum Gasteiger partial charge on any atom is -0.264 e. The van der Waals surface area contributed by atoms with Gasteiger partial charge in [-0.15, -0.1) is 0 Å². The molecule has 0 unspecified atom stereocenters. The Balaban J connectivity index is 2.74. The summed E-state index contributed by atoms with van der Waals surface area (Å²) in [6.45, 7) is 0. The van der Waals surface area contributed by atoms with Gasteiger partial charge in [0.25, 0.3) is 0 Å². The van der Waals surface area contributed by atoms with Gasteiger partial charge in [-0.05, 0) is 22.6 Å². The second kappa shape index (κ2) is 1.91. The van der Waals surface area contributed by atoms with Crippen molar-refractivity contribution in [2.24, 2.45) is 0 Å². The average Bonchev–Trinajstić information content (AvgIpc) is 2.14. The quantitative estimate of drug-likeness (QED) is 0.488. The molecule has 0 bridgehead atoms.